The van der Waals surface area contributed by atoms with Gasteiger partial charge in [-0.1, -0.05) is 23.5 Å². The molecule has 2 aromatic heterocycles. The SMILES string of the molecule is N/C(=N\Nc1nc2ccccc2s1)c1cnccn1. The Morgan fingerprint density at radius 3 is 2.95 bits per heavy atom. The van der Waals surface area contributed by atoms with Gasteiger partial charge in [0.15, 0.2) is 5.84 Å². The Balaban J connectivity index is 1.82. The molecule has 0 bridgehead atoms. The molecular weight excluding hydrogens is 260 g/mol. The predicted molar refractivity (Wildman–Crippen MR) is 76.0 cm³/mol. The maximum absolute atomic E-state index is 5.80. The summed E-state index contributed by atoms with van der Waals surface area (Å²) in [7, 11) is 0. The number of aromatic nitrogens is 3. The smallest absolute Gasteiger partial charge is 0.204 e. The Morgan fingerprint density at radius 2 is 2.16 bits per heavy atom. The minimum absolute atomic E-state index is 0.271. The van der Waals surface area contributed by atoms with Crippen molar-refractivity contribution in [2.75, 3.05) is 5.43 Å². The number of para-hydroxylation sites is 1. The lowest BCUT2D eigenvalue weighted by Gasteiger charge is -1.98. The number of nitrogens with zero attached hydrogens (tertiary/aromatic N) is 4. The van der Waals surface area contributed by atoms with Gasteiger partial charge >= 0.3 is 0 Å². The van der Waals surface area contributed by atoms with Crippen molar-refractivity contribution in [2.45, 2.75) is 0 Å². The number of thiazole rings is 1. The van der Waals surface area contributed by atoms with Crippen LogP contribution in [-0.4, -0.2) is 20.8 Å². The lowest BCUT2D eigenvalue weighted by Crippen LogP contribution is -2.17. The van der Waals surface area contributed by atoms with Gasteiger partial charge in [-0.3, -0.25) is 10.4 Å². The van der Waals surface area contributed by atoms with Crippen molar-refractivity contribution in [3.8, 4) is 0 Å². The summed E-state index contributed by atoms with van der Waals surface area (Å²) in [5.74, 6) is 0.271. The van der Waals surface area contributed by atoms with Crippen LogP contribution in [0.1, 0.15) is 5.69 Å². The topological polar surface area (TPSA) is 89.1 Å². The molecule has 0 radical (unpaired) electrons. The first-order valence-electron chi connectivity index (χ1n) is 5.54. The number of nitrogens with two attached hydrogens (primary N) is 1. The average Bonchev–Trinajstić information content (AvgIpc) is 2.88. The fraction of sp³-hybridized carbons (Fsp3) is 0. The highest BCUT2D eigenvalue weighted by atomic mass is 32.1. The Bertz CT molecular complexity index is 688. The number of amidine groups is 1. The largest absolute Gasteiger partial charge is 0.380 e. The summed E-state index contributed by atoms with van der Waals surface area (Å²) < 4.78 is 1.10. The second-order valence-electron chi connectivity index (χ2n) is 3.69. The summed E-state index contributed by atoms with van der Waals surface area (Å²) in [4.78, 5) is 12.4. The van der Waals surface area contributed by atoms with E-state index in [-0.39, 0.29) is 5.84 Å². The molecule has 6 nitrogen and oxygen atoms in total. The minimum Gasteiger partial charge on any atom is -0.380 e. The van der Waals surface area contributed by atoms with Gasteiger partial charge < -0.3 is 5.73 Å². The molecule has 0 fully saturated rings. The molecule has 0 unspecified atom stereocenters. The van der Waals surface area contributed by atoms with Crippen molar-refractivity contribution in [1.82, 2.24) is 15.0 Å². The number of benzene rings is 1. The van der Waals surface area contributed by atoms with E-state index in [0.717, 1.165) is 10.2 Å². The fourth-order valence-corrected chi connectivity index (χ4v) is 2.33. The Morgan fingerprint density at radius 1 is 1.26 bits per heavy atom. The summed E-state index contributed by atoms with van der Waals surface area (Å²) in [6.45, 7) is 0. The van der Waals surface area contributed by atoms with E-state index >= 15 is 0 Å². The number of hydrazone groups is 1. The highest BCUT2D eigenvalue weighted by Gasteiger charge is 2.03. The zero-order valence-electron chi connectivity index (χ0n) is 9.82. The second-order valence-corrected chi connectivity index (χ2v) is 4.72. The summed E-state index contributed by atoms with van der Waals surface area (Å²) in [6.07, 6.45) is 4.70. The molecule has 0 spiro atoms. The van der Waals surface area contributed by atoms with E-state index in [4.69, 9.17) is 5.73 Å². The van der Waals surface area contributed by atoms with Crippen molar-refractivity contribution in [3.05, 3.63) is 48.5 Å². The van der Waals surface area contributed by atoms with Crippen molar-refractivity contribution in [1.29, 1.82) is 0 Å². The molecule has 3 rings (SSSR count). The van der Waals surface area contributed by atoms with Crippen LogP contribution in [0.5, 0.6) is 0 Å². The van der Waals surface area contributed by atoms with E-state index in [9.17, 15) is 0 Å². The van der Waals surface area contributed by atoms with E-state index in [1.54, 1.807) is 18.6 Å². The molecule has 2 heterocycles. The van der Waals surface area contributed by atoms with Gasteiger partial charge in [0.1, 0.15) is 5.69 Å². The van der Waals surface area contributed by atoms with Gasteiger partial charge in [0, 0.05) is 12.4 Å². The van der Waals surface area contributed by atoms with Gasteiger partial charge in [-0.05, 0) is 12.1 Å². The minimum atomic E-state index is 0.271. The predicted octanol–water partition coefficient (Wildman–Crippen LogP) is 1.82. The van der Waals surface area contributed by atoms with Crippen molar-refractivity contribution in [3.63, 3.8) is 0 Å². The molecule has 0 aliphatic heterocycles. The van der Waals surface area contributed by atoms with Crippen molar-refractivity contribution in [2.24, 2.45) is 10.8 Å². The van der Waals surface area contributed by atoms with Crippen molar-refractivity contribution < 1.29 is 0 Å². The van der Waals surface area contributed by atoms with Gasteiger partial charge in [-0.25, -0.2) is 9.97 Å². The highest BCUT2D eigenvalue weighted by Crippen LogP contribution is 2.25. The van der Waals surface area contributed by atoms with Crippen LogP contribution in [0, 0.1) is 0 Å². The van der Waals surface area contributed by atoms with Crippen molar-refractivity contribution >= 4 is 32.5 Å². The molecule has 0 saturated heterocycles. The molecule has 3 aromatic rings. The number of rotatable bonds is 3. The Labute approximate surface area is 113 Å². The molecule has 3 N–H and O–H groups in total. The molecule has 0 amide bonds. The molecular formula is C12H10N6S. The summed E-state index contributed by atoms with van der Waals surface area (Å²) in [5.41, 5.74) is 10.1. The van der Waals surface area contributed by atoms with Gasteiger partial charge in [0.05, 0.1) is 16.4 Å². The lowest BCUT2D eigenvalue weighted by molar-refractivity contribution is 1.16. The van der Waals surface area contributed by atoms with E-state index in [2.05, 4.69) is 25.5 Å². The third-order valence-corrected chi connectivity index (χ3v) is 3.33. The monoisotopic (exact) mass is 270 g/mol. The normalized spacial score (nSPS) is 11.7. The number of hydrogen-bond acceptors (Lipinski definition) is 6. The highest BCUT2D eigenvalue weighted by molar-refractivity contribution is 7.22. The number of nitrogens with one attached hydrogen (secondary N) is 1. The van der Waals surface area contributed by atoms with Crippen LogP contribution in [0.4, 0.5) is 5.13 Å². The first kappa shape index (κ1) is 11.5. The number of fused-ring (bicyclic) bond motifs is 1. The van der Waals surface area contributed by atoms with Gasteiger partial charge in [-0.15, -0.1) is 0 Å². The van der Waals surface area contributed by atoms with Crippen LogP contribution in [0.3, 0.4) is 0 Å². The molecule has 19 heavy (non-hydrogen) atoms. The van der Waals surface area contributed by atoms with Gasteiger partial charge in [0.25, 0.3) is 0 Å². The van der Waals surface area contributed by atoms with Crippen LogP contribution in [0.15, 0.2) is 48.0 Å². The summed E-state index contributed by atoms with van der Waals surface area (Å²) in [5, 5.41) is 4.74. The van der Waals surface area contributed by atoms with E-state index in [1.807, 2.05) is 24.3 Å². The number of anilines is 1. The van der Waals surface area contributed by atoms with Crippen LogP contribution >= 0.6 is 11.3 Å². The maximum atomic E-state index is 5.80. The summed E-state index contributed by atoms with van der Waals surface area (Å²) >= 11 is 1.51. The first-order chi connectivity index (χ1) is 9.33. The molecule has 94 valence electrons. The number of hydrogen-bond donors (Lipinski definition) is 2. The van der Waals surface area contributed by atoms with E-state index < -0.39 is 0 Å². The van der Waals surface area contributed by atoms with Gasteiger partial charge in [-0.2, -0.15) is 5.10 Å². The second kappa shape index (κ2) is 4.99. The third-order valence-electron chi connectivity index (χ3n) is 2.39. The maximum Gasteiger partial charge on any atom is 0.204 e. The average molecular weight is 270 g/mol. The third kappa shape index (κ3) is 2.50. The first-order valence-corrected chi connectivity index (χ1v) is 6.36. The van der Waals surface area contributed by atoms with Crippen LogP contribution < -0.4 is 11.2 Å². The fourth-order valence-electron chi connectivity index (χ4n) is 1.52. The Hall–Kier alpha value is -2.54. The molecule has 7 heteroatoms. The quantitative estimate of drug-likeness (QED) is 0.430. The van der Waals surface area contributed by atoms with Crippen LogP contribution in [0.2, 0.25) is 0 Å². The van der Waals surface area contributed by atoms with E-state index in [0.29, 0.717) is 10.8 Å². The zero-order chi connectivity index (χ0) is 13.1. The zero-order valence-corrected chi connectivity index (χ0v) is 10.6. The lowest BCUT2D eigenvalue weighted by atomic mass is 10.3. The van der Waals surface area contributed by atoms with E-state index in [1.165, 1.54) is 11.3 Å². The molecule has 0 aliphatic carbocycles. The van der Waals surface area contributed by atoms with Gasteiger partial charge in [0.2, 0.25) is 5.13 Å². The van der Waals surface area contributed by atoms with Crippen LogP contribution in [-0.2, 0) is 0 Å². The molecule has 0 saturated carbocycles. The van der Waals surface area contributed by atoms with Crippen LogP contribution in [0.25, 0.3) is 10.2 Å². The standard InChI is InChI=1S/C12H10N6S/c13-11(9-7-14-5-6-15-9)17-18-12-16-8-3-1-2-4-10(8)19-12/h1-7H,(H2,13,17)(H,16,18). The Kier molecular flexibility index (Phi) is 3.03. The summed E-state index contributed by atoms with van der Waals surface area (Å²) in [6, 6.07) is 7.88. The molecule has 0 atom stereocenters. The molecule has 0 aliphatic rings. The molecule has 1 aromatic carbocycles.